The lowest BCUT2D eigenvalue weighted by molar-refractivity contribution is -0.163. The van der Waals surface area contributed by atoms with Gasteiger partial charge in [0.2, 0.25) is 0 Å². The summed E-state index contributed by atoms with van der Waals surface area (Å²) in [5.41, 5.74) is -0.0337. The molecule has 13 heteroatoms. The Balaban J connectivity index is 1.63. The SMILES string of the molecule is CN1CC[C@@H](OC2=CC(NS(=O)(=O)c3cc(F)c(-c4ccsc4)cc3F)=CCC2(Cl)C(F)(F)F)C1. The molecule has 1 aliphatic carbocycles. The highest BCUT2D eigenvalue weighted by atomic mass is 35.5. The molecule has 2 aliphatic rings. The van der Waals surface area contributed by atoms with Crippen LogP contribution >= 0.6 is 22.9 Å². The molecule has 1 aromatic carbocycles. The highest BCUT2D eigenvalue weighted by molar-refractivity contribution is 7.89. The number of rotatable bonds is 6. The molecule has 190 valence electrons. The molecular formula is C22H20ClF5N2O3S2. The summed E-state index contributed by atoms with van der Waals surface area (Å²) >= 11 is 7.19. The summed E-state index contributed by atoms with van der Waals surface area (Å²) in [6.45, 7) is 0.981. The zero-order valence-electron chi connectivity index (χ0n) is 18.2. The zero-order valence-corrected chi connectivity index (χ0v) is 20.6. The quantitative estimate of drug-likeness (QED) is 0.383. The minimum atomic E-state index is -4.89. The van der Waals surface area contributed by atoms with E-state index in [9.17, 15) is 30.4 Å². The molecule has 0 spiro atoms. The number of ether oxygens (including phenoxy) is 1. The first-order valence-electron chi connectivity index (χ1n) is 10.4. The predicted octanol–water partition coefficient (Wildman–Crippen LogP) is 5.40. The molecule has 1 fully saturated rings. The normalized spacial score (nSPS) is 23.7. The van der Waals surface area contributed by atoms with Crippen molar-refractivity contribution in [3.8, 4) is 11.1 Å². The van der Waals surface area contributed by atoms with E-state index in [1.54, 1.807) is 23.9 Å². The summed E-state index contributed by atoms with van der Waals surface area (Å²) in [6.07, 6.45) is -4.05. The van der Waals surface area contributed by atoms with Gasteiger partial charge in [0.1, 0.15) is 28.4 Å². The van der Waals surface area contributed by atoms with Crippen LogP contribution in [0.15, 0.2) is 57.5 Å². The lowest BCUT2D eigenvalue weighted by Crippen LogP contribution is -2.45. The number of hydrogen-bond acceptors (Lipinski definition) is 5. The number of likely N-dealkylation sites (N-methyl/N-ethyl adjacent to an activating group) is 1. The average Bonchev–Trinajstić information content (AvgIpc) is 3.43. The van der Waals surface area contributed by atoms with Crippen LogP contribution in [0, 0.1) is 11.6 Å². The van der Waals surface area contributed by atoms with Crippen LogP contribution in [0.25, 0.3) is 11.1 Å². The maximum atomic E-state index is 14.7. The third kappa shape index (κ3) is 5.20. The molecule has 0 bridgehead atoms. The fourth-order valence-corrected chi connectivity index (χ4v) is 5.84. The first kappa shape index (κ1) is 25.9. The van der Waals surface area contributed by atoms with Gasteiger partial charge >= 0.3 is 6.18 Å². The van der Waals surface area contributed by atoms with Gasteiger partial charge in [-0.05, 0) is 48.0 Å². The van der Waals surface area contributed by atoms with Gasteiger partial charge in [0.15, 0.2) is 4.87 Å². The van der Waals surface area contributed by atoms with Crippen LogP contribution in [0.4, 0.5) is 22.0 Å². The van der Waals surface area contributed by atoms with Gasteiger partial charge in [-0.1, -0.05) is 6.08 Å². The van der Waals surface area contributed by atoms with E-state index in [1.807, 2.05) is 9.62 Å². The number of nitrogens with one attached hydrogen (secondary N) is 1. The molecule has 0 saturated carbocycles. The molecule has 1 aliphatic heterocycles. The van der Waals surface area contributed by atoms with Crippen molar-refractivity contribution in [2.75, 3.05) is 20.1 Å². The maximum Gasteiger partial charge on any atom is 0.415 e. The van der Waals surface area contributed by atoms with E-state index in [2.05, 4.69) is 0 Å². The minimum absolute atomic E-state index is 0.117. The Morgan fingerprint density at radius 2 is 2.00 bits per heavy atom. The van der Waals surface area contributed by atoms with Crippen molar-refractivity contribution in [3.05, 3.63) is 64.2 Å². The van der Waals surface area contributed by atoms with E-state index >= 15 is 0 Å². The minimum Gasteiger partial charge on any atom is -0.491 e. The van der Waals surface area contributed by atoms with E-state index in [0.717, 1.165) is 18.2 Å². The van der Waals surface area contributed by atoms with Gasteiger partial charge < -0.3 is 9.64 Å². The molecular weight excluding hydrogens is 535 g/mol. The first-order valence-corrected chi connectivity index (χ1v) is 13.2. The van der Waals surface area contributed by atoms with E-state index in [4.69, 9.17) is 16.3 Å². The molecule has 1 unspecified atom stereocenters. The smallest absolute Gasteiger partial charge is 0.415 e. The van der Waals surface area contributed by atoms with E-state index in [0.29, 0.717) is 31.1 Å². The fraction of sp³-hybridized carbons (Fsp3) is 0.364. The second kappa shape index (κ2) is 9.38. The lowest BCUT2D eigenvalue weighted by Gasteiger charge is -2.35. The molecule has 2 atom stereocenters. The topological polar surface area (TPSA) is 58.6 Å². The van der Waals surface area contributed by atoms with Gasteiger partial charge in [0.05, 0.1) is 0 Å². The molecule has 4 rings (SSSR count). The van der Waals surface area contributed by atoms with Crippen molar-refractivity contribution in [2.24, 2.45) is 0 Å². The van der Waals surface area contributed by atoms with E-state index in [1.165, 1.54) is 11.3 Å². The number of benzene rings is 1. The fourth-order valence-electron chi connectivity index (χ4n) is 3.87. The number of sulfonamides is 1. The Morgan fingerprint density at radius 1 is 1.26 bits per heavy atom. The zero-order chi connectivity index (χ0) is 25.6. The Hall–Kier alpha value is -2.15. The van der Waals surface area contributed by atoms with Gasteiger partial charge in [0, 0.05) is 36.8 Å². The van der Waals surface area contributed by atoms with Crippen molar-refractivity contribution >= 4 is 33.0 Å². The Morgan fingerprint density at radius 3 is 2.60 bits per heavy atom. The Labute approximate surface area is 207 Å². The summed E-state index contributed by atoms with van der Waals surface area (Å²) in [5.74, 6) is -2.84. The van der Waals surface area contributed by atoms with Gasteiger partial charge in [-0.15, -0.1) is 11.6 Å². The second-order valence-corrected chi connectivity index (χ2v) is 11.4. The summed E-state index contributed by atoms with van der Waals surface area (Å²) in [7, 11) is -2.91. The predicted molar refractivity (Wildman–Crippen MR) is 122 cm³/mol. The average molecular weight is 555 g/mol. The monoisotopic (exact) mass is 554 g/mol. The molecule has 0 radical (unpaired) electrons. The third-order valence-electron chi connectivity index (χ3n) is 5.77. The summed E-state index contributed by atoms with van der Waals surface area (Å²) < 4.78 is 104. The van der Waals surface area contributed by atoms with Crippen LogP contribution in [-0.2, 0) is 14.8 Å². The maximum absolute atomic E-state index is 14.7. The number of nitrogens with zero attached hydrogens (tertiary/aromatic N) is 1. The summed E-state index contributed by atoms with van der Waals surface area (Å²) in [5, 5.41) is 3.23. The summed E-state index contributed by atoms with van der Waals surface area (Å²) in [6, 6.07) is 2.84. The number of allylic oxidation sites excluding steroid dienone is 3. The molecule has 35 heavy (non-hydrogen) atoms. The number of halogens is 6. The van der Waals surface area contributed by atoms with Gasteiger partial charge in [0.25, 0.3) is 10.0 Å². The third-order valence-corrected chi connectivity index (χ3v) is 8.40. The number of likely N-dealkylation sites (tertiary alicyclic amines) is 1. The number of alkyl halides is 4. The van der Waals surface area contributed by atoms with E-state index in [-0.39, 0.29) is 11.3 Å². The molecule has 1 N–H and O–H groups in total. The van der Waals surface area contributed by atoms with Gasteiger partial charge in [-0.25, -0.2) is 17.2 Å². The number of thiophene rings is 1. The second-order valence-electron chi connectivity index (χ2n) is 8.34. The standard InChI is InChI=1S/C22H20ClF5N2O3S2/c1-30-6-3-15(11-30)33-20-8-14(2-5-21(20,23)22(26,27)28)29-35(31,32)19-10-17(24)16(9-18(19)25)13-4-7-34-12-13/h2,4,7-10,12,15,29H,3,5-6,11H2,1H3/t15-,21?/m1/s1. The van der Waals surface area contributed by atoms with Gasteiger partial charge in [-0.3, -0.25) is 4.72 Å². The van der Waals surface area contributed by atoms with Gasteiger partial charge in [-0.2, -0.15) is 24.5 Å². The van der Waals surface area contributed by atoms with Crippen molar-refractivity contribution in [3.63, 3.8) is 0 Å². The van der Waals surface area contributed by atoms with Crippen molar-refractivity contribution in [2.45, 2.75) is 34.9 Å². The lowest BCUT2D eigenvalue weighted by atomic mass is 9.95. The van der Waals surface area contributed by atoms with Crippen LogP contribution in [-0.4, -0.2) is 50.6 Å². The largest absolute Gasteiger partial charge is 0.491 e. The van der Waals surface area contributed by atoms with Crippen LogP contribution in [0.3, 0.4) is 0 Å². The van der Waals surface area contributed by atoms with Crippen LogP contribution < -0.4 is 4.72 Å². The molecule has 2 heterocycles. The molecule has 1 saturated heterocycles. The highest BCUT2D eigenvalue weighted by Gasteiger charge is 2.58. The summed E-state index contributed by atoms with van der Waals surface area (Å²) in [4.78, 5) is -2.00. The Bertz CT molecular complexity index is 1280. The van der Waals surface area contributed by atoms with Crippen LogP contribution in [0.2, 0.25) is 0 Å². The molecule has 2 aromatic rings. The van der Waals surface area contributed by atoms with Crippen molar-refractivity contribution in [1.29, 1.82) is 0 Å². The highest BCUT2D eigenvalue weighted by Crippen LogP contribution is 2.48. The Kier molecular flexibility index (Phi) is 6.95. The number of hydrogen-bond donors (Lipinski definition) is 1. The van der Waals surface area contributed by atoms with Crippen LogP contribution in [0.1, 0.15) is 12.8 Å². The molecule has 1 aromatic heterocycles. The van der Waals surface area contributed by atoms with Crippen molar-refractivity contribution in [1.82, 2.24) is 9.62 Å². The molecule has 0 amide bonds. The van der Waals surface area contributed by atoms with Crippen LogP contribution in [0.5, 0.6) is 0 Å². The molecule has 5 nitrogen and oxygen atoms in total. The first-order chi connectivity index (χ1) is 16.3. The van der Waals surface area contributed by atoms with E-state index < -0.39 is 55.9 Å². The van der Waals surface area contributed by atoms with Crippen molar-refractivity contribution < 1.29 is 35.1 Å².